The van der Waals surface area contributed by atoms with Crippen LogP contribution in [0.5, 0.6) is 0 Å². The fourth-order valence-electron chi connectivity index (χ4n) is 1.93. The van der Waals surface area contributed by atoms with Gasteiger partial charge in [0, 0.05) is 11.3 Å². The third-order valence-corrected chi connectivity index (χ3v) is 4.27. The zero-order valence-electron chi connectivity index (χ0n) is 9.01. The molecule has 0 bridgehead atoms. The minimum Gasteiger partial charge on any atom is -0.351 e. The molecule has 0 aromatic rings. The standard InChI is InChI=1S/C11H19NOS/c1-3-6-10(13)12-9-11(14-2)7-4-5-8-11/h3,6H,4-5,7-9H2,1-2H3,(H,12,13)/b6-3+. The van der Waals surface area contributed by atoms with Gasteiger partial charge in [-0.05, 0) is 32.1 Å². The quantitative estimate of drug-likeness (QED) is 0.726. The normalized spacial score (nSPS) is 20.1. The zero-order valence-corrected chi connectivity index (χ0v) is 9.82. The van der Waals surface area contributed by atoms with Crippen LogP contribution in [0.1, 0.15) is 32.6 Å². The van der Waals surface area contributed by atoms with Gasteiger partial charge in [-0.3, -0.25) is 4.79 Å². The Balaban J connectivity index is 2.38. The van der Waals surface area contributed by atoms with Crippen molar-refractivity contribution in [1.82, 2.24) is 5.32 Å². The van der Waals surface area contributed by atoms with Gasteiger partial charge in [0.1, 0.15) is 0 Å². The van der Waals surface area contributed by atoms with E-state index in [-0.39, 0.29) is 5.91 Å². The highest BCUT2D eigenvalue weighted by molar-refractivity contribution is 8.00. The molecule has 1 aliphatic rings. The second-order valence-electron chi connectivity index (χ2n) is 3.81. The molecule has 1 fully saturated rings. The molecule has 1 aliphatic carbocycles. The van der Waals surface area contributed by atoms with Crippen LogP contribution in [0.4, 0.5) is 0 Å². The molecular formula is C11H19NOS. The van der Waals surface area contributed by atoms with Crippen molar-refractivity contribution >= 4 is 17.7 Å². The lowest BCUT2D eigenvalue weighted by molar-refractivity contribution is -0.116. The molecule has 0 atom stereocenters. The Bertz CT molecular complexity index is 219. The number of rotatable bonds is 4. The minimum absolute atomic E-state index is 0.0350. The van der Waals surface area contributed by atoms with Crippen molar-refractivity contribution in [3.8, 4) is 0 Å². The summed E-state index contributed by atoms with van der Waals surface area (Å²) in [5, 5.41) is 2.97. The number of thioether (sulfide) groups is 1. The molecule has 1 saturated carbocycles. The second kappa shape index (κ2) is 5.44. The average molecular weight is 213 g/mol. The first-order chi connectivity index (χ1) is 6.72. The van der Waals surface area contributed by atoms with Crippen LogP contribution >= 0.6 is 11.8 Å². The fraction of sp³-hybridized carbons (Fsp3) is 0.727. The molecule has 3 heteroatoms. The molecule has 14 heavy (non-hydrogen) atoms. The van der Waals surface area contributed by atoms with Gasteiger partial charge in [-0.15, -0.1) is 0 Å². The third-order valence-electron chi connectivity index (χ3n) is 2.85. The number of allylic oxidation sites excluding steroid dienone is 1. The molecule has 0 aromatic carbocycles. The third kappa shape index (κ3) is 3.05. The molecule has 0 saturated heterocycles. The predicted octanol–water partition coefficient (Wildman–Crippen LogP) is 2.35. The van der Waals surface area contributed by atoms with Crippen molar-refractivity contribution in [3.05, 3.63) is 12.2 Å². The van der Waals surface area contributed by atoms with Crippen LogP contribution < -0.4 is 5.32 Å². The number of hydrogen-bond acceptors (Lipinski definition) is 2. The fourth-order valence-corrected chi connectivity index (χ4v) is 2.84. The molecule has 1 N–H and O–H groups in total. The molecule has 0 heterocycles. The van der Waals surface area contributed by atoms with Gasteiger partial charge < -0.3 is 5.32 Å². The first-order valence-electron chi connectivity index (χ1n) is 5.18. The smallest absolute Gasteiger partial charge is 0.243 e. The summed E-state index contributed by atoms with van der Waals surface area (Å²) in [6.07, 6.45) is 10.6. The Morgan fingerprint density at radius 2 is 2.14 bits per heavy atom. The lowest BCUT2D eigenvalue weighted by atomic mass is 10.1. The highest BCUT2D eigenvalue weighted by atomic mass is 32.2. The Morgan fingerprint density at radius 1 is 1.50 bits per heavy atom. The Labute approximate surface area is 90.5 Å². The van der Waals surface area contributed by atoms with E-state index < -0.39 is 0 Å². The monoisotopic (exact) mass is 213 g/mol. The molecule has 0 aliphatic heterocycles. The number of carbonyl (C=O) groups is 1. The summed E-state index contributed by atoms with van der Waals surface area (Å²) >= 11 is 1.90. The topological polar surface area (TPSA) is 29.1 Å². The van der Waals surface area contributed by atoms with Crippen LogP contribution in [0, 0.1) is 0 Å². The number of hydrogen-bond donors (Lipinski definition) is 1. The lowest BCUT2D eigenvalue weighted by Crippen LogP contribution is -2.37. The molecule has 0 radical (unpaired) electrons. The van der Waals surface area contributed by atoms with Gasteiger partial charge in [0.2, 0.25) is 5.91 Å². The molecule has 80 valence electrons. The van der Waals surface area contributed by atoms with Gasteiger partial charge in [0.25, 0.3) is 0 Å². The predicted molar refractivity (Wildman–Crippen MR) is 62.5 cm³/mol. The Kier molecular flexibility index (Phi) is 4.52. The Hall–Kier alpha value is -0.440. The summed E-state index contributed by atoms with van der Waals surface area (Å²) in [7, 11) is 0. The van der Waals surface area contributed by atoms with E-state index in [1.165, 1.54) is 25.7 Å². The zero-order chi connectivity index (χ0) is 10.4. The van der Waals surface area contributed by atoms with Gasteiger partial charge in [-0.1, -0.05) is 18.9 Å². The SMILES string of the molecule is C/C=C/C(=O)NCC1(SC)CCCC1. The number of amides is 1. The van der Waals surface area contributed by atoms with E-state index >= 15 is 0 Å². The van der Waals surface area contributed by atoms with Crippen LogP contribution in [0.25, 0.3) is 0 Å². The van der Waals surface area contributed by atoms with Crippen LogP contribution in [0.2, 0.25) is 0 Å². The van der Waals surface area contributed by atoms with E-state index in [1.54, 1.807) is 12.2 Å². The van der Waals surface area contributed by atoms with Crippen molar-refractivity contribution < 1.29 is 4.79 Å². The van der Waals surface area contributed by atoms with Gasteiger partial charge in [0.15, 0.2) is 0 Å². The first-order valence-corrected chi connectivity index (χ1v) is 6.40. The minimum atomic E-state index is 0.0350. The van der Waals surface area contributed by atoms with Crippen LogP contribution in [0.15, 0.2) is 12.2 Å². The van der Waals surface area contributed by atoms with E-state index in [1.807, 2.05) is 18.7 Å². The van der Waals surface area contributed by atoms with Gasteiger partial charge in [-0.25, -0.2) is 0 Å². The molecule has 2 nitrogen and oxygen atoms in total. The maximum Gasteiger partial charge on any atom is 0.243 e. The van der Waals surface area contributed by atoms with E-state index in [0.717, 1.165) is 6.54 Å². The van der Waals surface area contributed by atoms with Crippen molar-refractivity contribution in [3.63, 3.8) is 0 Å². The molecule has 0 aromatic heterocycles. The van der Waals surface area contributed by atoms with Gasteiger partial charge in [0.05, 0.1) is 0 Å². The summed E-state index contributed by atoms with van der Waals surface area (Å²) in [6, 6.07) is 0. The Morgan fingerprint density at radius 3 is 2.64 bits per heavy atom. The van der Waals surface area contributed by atoms with E-state index in [0.29, 0.717) is 4.75 Å². The van der Waals surface area contributed by atoms with E-state index in [9.17, 15) is 4.79 Å². The van der Waals surface area contributed by atoms with E-state index in [2.05, 4.69) is 11.6 Å². The summed E-state index contributed by atoms with van der Waals surface area (Å²) in [5.41, 5.74) is 0. The van der Waals surface area contributed by atoms with Crippen LogP contribution in [-0.2, 0) is 4.79 Å². The molecular weight excluding hydrogens is 194 g/mol. The van der Waals surface area contributed by atoms with Crippen LogP contribution in [-0.4, -0.2) is 23.5 Å². The average Bonchev–Trinajstić information content (AvgIpc) is 2.65. The summed E-state index contributed by atoms with van der Waals surface area (Å²) < 4.78 is 0.317. The lowest BCUT2D eigenvalue weighted by Gasteiger charge is -2.26. The molecule has 0 unspecified atom stereocenters. The van der Waals surface area contributed by atoms with Gasteiger partial charge >= 0.3 is 0 Å². The summed E-state index contributed by atoms with van der Waals surface area (Å²) in [6.45, 7) is 2.68. The summed E-state index contributed by atoms with van der Waals surface area (Å²) in [5.74, 6) is 0.0350. The maximum absolute atomic E-state index is 11.3. The van der Waals surface area contributed by atoms with Crippen molar-refractivity contribution in [2.45, 2.75) is 37.4 Å². The number of nitrogens with one attached hydrogen (secondary N) is 1. The molecule has 1 amide bonds. The maximum atomic E-state index is 11.3. The largest absolute Gasteiger partial charge is 0.351 e. The van der Waals surface area contributed by atoms with Crippen molar-refractivity contribution in [2.24, 2.45) is 0 Å². The molecule has 1 rings (SSSR count). The summed E-state index contributed by atoms with van der Waals surface area (Å²) in [4.78, 5) is 11.3. The van der Waals surface area contributed by atoms with Gasteiger partial charge in [-0.2, -0.15) is 11.8 Å². The molecule has 0 spiro atoms. The second-order valence-corrected chi connectivity index (χ2v) is 5.09. The van der Waals surface area contributed by atoms with E-state index in [4.69, 9.17) is 0 Å². The van der Waals surface area contributed by atoms with Crippen molar-refractivity contribution in [1.29, 1.82) is 0 Å². The van der Waals surface area contributed by atoms with Crippen LogP contribution in [0.3, 0.4) is 0 Å². The highest BCUT2D eigenvalue weighted by Gasteiger charge is 2.32. The first kappa shape index (κ1) is 11.6. The van der Waals surface area contributed by atoms with Crippen molar-refractivity contribution in [2.75, 3.05) is 12.8 Å². The number of carbonyl (C=O) groups excluding carboxylic acids is 1. The highest BCUT2D eigenvalue weighted by Crippen LogP contribution is 2.39.